The molecule has 2 fully saturated rings. The maximum absolute atomic E-state index is 13.9. The fraction of sp³-hybridized carbons (Fsp3) is 0.348. The van der Waals surface area contributed by atoms with Crippen molar-refractivity contribution in [2.45, 2.75) is 36.6 Å². The third-order valence-electron chi connectivity index (χ3n) is 6.42. The van der Waals surface area contributed by atoms with Crippen LogP contribution in [-0.2, 0) is 17.1 Å². The van der Waals surface area contributed by atoms with Gasteiger partial charge in [-0.05, 0) is 31.0 Å². The van der Waals surface area contributed by atoms with Crippen molar-refractivity contribution in [2.75, 3.05) is 6.54 Å². The molecule has 2 aliphatic heterocycles. The second kappa shape index (κ2) is 8.51. The van der Waals surface area contributed by atoms with E-state index in [1.165, 1.54) is 23.5 Å². The van der Waals surface area contributed by atoms with Crippen molar-refractivity contribution in [3.05, 3.63) is 74.8 Å². The number of fused-ring (bicyclic) bond motifs is 1. The highest BCUT2D eigenvalue weighted by molar-refractivity contribution is 7.90. The van der Waals surface area contributed by atoms with Gasteiger partial charge in [0, 0.05) is 65.7 Å². The van der Waals surface area contributed by atoms with Crippen LogP contribution in [0.3, 0.4) is 0 Å². The Morgan fingerprint density at radius 3 is 2.74 bits per heavy atom. The zero-order valence-corrected chi connectivity index (χ0v) is 21.1. The van der Waals surface area contributed by atoms with Crippen molar-refractivity contribution < 1.29 is 12.8 Å². The van der Waals surface area contributed by atoms with E-state index in [9.17, 15) is 12.8 Å². The molecule has 1 saturated carbocycles. The van der Waals surface area contributed by atoms with Gasteiger partial charge in [-0.25, -0.2) is 22.5 Å². The third-order valence-corrected chi connectivity index (χ3v) is 9.53. The Bertz CT molecular complexity index is 1460. The van der Waals surface area contributed by atoms with Gasteiger partial charge in [0.2, 0.25) is 10.0 Å². The largest absolute Gasteiger partial charge is 0.326 e. The Balaban J connectivity index is 1.51. The Morgan fingerprint density at radius 2 is 2.09 bits per heavy atom. The van der Waals surface area contributed by atoms with Gasteiger partial charge in [-0.1, -0.05) is 17.7 Å². The van der Waals surface area contributed by atoms with Crippen molar-refractivity contribution in [1.82, 2.24) is 24.4 Å². The molecule has 1 unspecified atom stereocenters. The number of nitrogens with zero attached hydrogens (tertiary/aromatic N) is 5. The summed E-state index contributed by atoms with van der Waals surface area (Å²) in [4.78, 5) is 11.6. The predicted molar refractivity (Wildman–Crippen MR) is 133 cm³/mol. The maximum Gasteiger partial charge on any atom is 0.214 e. The molecule has 1 N–H and O–H groups in total. The zero-order chi connectivity index (χ0) is 24.3. The van der Waals surface area contributed by atoms with Gasteiger partial charge in [0.05, 0.1) is 10.9 Å². The van der Waals surface area contributed by atoms with Crippen LogP contribution in [0.4, 0.5) is 4.39 Å². The van der Waals surface area contributed by atoms with Crippen LogP contribution in [0.5, 0.6) is 0 Å². The lowest BCUT2D eigenvalue weighted by atomic mass is 9.92. The molecule has 3 aliphatic rings. The van der Waals surface area contributed by atoms with E-state index in [-0.39, 0.29) is 16.3 Å². The molecule has 0 amide bonds. The van der Waals surface area contributed by atoms with Crippen molar-refractivity contribution in [2.24, 2.45) is 12.0 Å². The average Bonchev–Trinajstić information content (AvgIpc) is 3.17. The Morgan fingerprint density at radius 1 is 1.26 bits per heavy atom. The van der Waals surface area contributed by atoms with Gasteiger partial charge in [0.25, 0.3) is 0 Å². The fourth-order valence-corrected chi connectivity index (χ4v) is 7.19. The summed E-state index contributed by atoms with van der Waals surface area (Å²) in [6.07, 6.45) is 5.43. The molecule has 3 aromatic rings. The molecule has 182 valence electrons. The van der Waals surface area contributed by atoms with Gasteiger partial charge >= 0.3 is 0 Å². The second-order valence-corrected chi connectivity index (χ2v) is 12.3. The molecule has 12 heteroatoms. The Kier molecular flexibility index (Phi) is 5.55. The van der Waals surface area contributed by atoms with Crippen molar-refractivity contribution in [1.29, 1.82) is 0 Å². The molecule has 1 aromatic carbocycles. The lowest BCUT2D eigenvalue weighted by Gasteiger charge is -2.32. The minimum Gasteiger partial charge on any atom is -0.326 e. The number of hydrogen-bond acceptors (Lipinski definition) is 7. The summed E-state index contributed by atoms with van der Waals surface area (Å²) >= 11 is 7.97. The van der Waals surface area contributed by atoms with Crippen LogP contribution in [-0.4, -0.2) is 51.8 Å². The number of hydrogen-bond donors (Lipinski definition) is 1. The highest BCUT2D eigenvalue weighted by Crippen LogP contribution is 2.46. The normalized spacial score (nSPS) is 22.5. The molecule has 0 spiro atoms. The number of aromatic nitrogens is 3. The molecular weight excluding hydrogens is 511 g/mol. The number of halogens is 2. The highest BCUT2D eigenvalue weighted by Gasteiger charge is 2.44. The number of rotatable bonds is 6. The molecule has 1 aliphatic carbocycles. The van der Waals surface area contributed by atoms with Gasteiger partial charge in [-0.2, -0.15) is 5.10 Å². The van der Waals surface area contributed by atoms with Crippen molar-refractivity contribution >= 4 is 44.4 Å². The first-order valence-corrected chi connectivity index (χ1v) is 14.0. The van der Waals surface area contributed by atoms with Gasteiger partial charge in [0.15, 0.2) is 10.8 Å². The van der Waals surface area contributed by atoms with E-state index in [4.69, 9.17) is 16.6 Å². The summed E-state index contributed by atoms with van der Waals surface area (Å²) in [5.41, 5.74) is 3.10. The van der Waals surface area contributed by atoms with E-state index in [1.54, 1.807) is 16.9 Å². The second-order valence-electron chi connectivity index (χ2n) is 8.97. The summed E-state index contributed by atoms with van der Waals surface area (Å²) < 4.78 is 44.0. The molecule has 6 rings (SSSR count). The van der Waals surface area contributed by atoms with Gasteiger partial charge in [-0.15, -0.1) is 11.3 Å². The quantitative estimate of drug-likeness (QED) is 0.522. The number of benzene rings is 1. The standard InChI is InChI=1S/C23H22ClFN6O2S2/c1-30-8-6-18(28-30)20-19-11-14(29-35(32,33)15-3-4-15)12-31(19)22(23-26-7-9-34-23)27-21(20)16-5-2-13(25)10-17(16)24/h2,5-10,14-15,21,29H,3-4,11-12H2,1H3/t14?,21-/m0/s1. The molecular formula is C23H22ClFN6O2S2. The van der Waals surface area contributed by atoms with Crippen molar-refractivity contribution in [3.8, 4) is 0 Å². The zero-order valence-electron chi connectivity index (χ0n) is 18.7. The summed E-state index contributed by atoms with van der Waals surface area (Å²) in [6.45, 7) is 0.430. The molecule has 2 aromatic heterocycles. The van der Waals surface area contributed by atoms with Crippen LogP contribution < -0.4 is 4.72 Å². The molecule has 1 saturated heterocycles. The van der Waals surface area contributed by atoms with Crippen LogP contribution in [0.2, 0.25) is 5.02 Å². The third kappa shape index (κ3) is 4.20. The summed E-state index contributed by atoms with van der Waals surface area (Å²) in [6, 6.07) is 5.32. The lowest BCUT2D eigenvalue weighted by molar-refractivity contribution is 0.517. The fourth-order valence-electron chi connectivity index (χ4n) is 4.71. The van der Waals surface area contributed by atoms with E-state index in [0.717, 1.165) is 16.3 Å². The van der Waals surface area contributed by atoms with Crippen LogP contribution in [0, 0.1) is 5.82 Å². The van der Waals surface area contributed by atoms with Gasteiger partial charge in [-0.3, -0.25) is 9.67 Å². The molecule has 2 atom stereocenters. The summed E-state index contributed by atoms with van der Waals surface area (Å²) in [7, 11) is -1.54. The molecule has 4 heterocycles. The number of aryl methyl sites for hydroxylation is 1. The number of aliphatic imine (C=N–C) groups is 1. The van der Waals surface area contributed by atoms with Crippen molar-refractivity contribution in [3.63, 3.8) is 0 Å². The Hall–Kier alpha value is -2.60. The SMILES string of the molecule is Cn1ccc(C2=C3CC(NS(=O)(=O)C4CC4)CN3C(c3nccs3)=N[C@H]2c2ccc(F)cc2Cl)n1. The summed E-state index contributed by atoms with van der Waals surface area (Å²) in [5, 5.41) is 7.19. The number of nitrogens with one attached hydrogen (secondary N) is 1. The number of thiazole rings is 1. The Labute approximate surface area is 211 Å². The molecule has 0 bridgehead atoms. The van der Waals surface area contributed by atoms with Crippen LogP contribution in [0.25, 0.3) is 5.57 Å². The van der Waals surface area contributed by atoms with E-state index < -0.39 is 21.9 Å². The summed E-state index contributed by atoms with van der Waals surface area (Å²) in [5.74, 6) is 0.218. The minimum atomic E-state index is -3.37. The monoisotopic (exact) mass is 532 g/mol. The van der Waals surface area contributed by atoms with E-state index in [0.29, 0.717) is 42.9 Å². The number of amidine groups is 1. The smallest absolute Gasteiger partial charge is 0.214 e. The molecule has 35 heavy (non-hydrogen) atoms. The van der Waals surface area contributed by atoms with Gasteiger partial charge < -0.3 is 4.90 Å². The topological polar surface area (TPSA) is 92.5 Å². The van der Waals surface area contributed by atoms with E-state index in [1.807, 2.05) is 29.6 Å². The van der Waals surface area contributed by atoms with Gasteiger partial charge in [0.1, 0.15) is 11.9 Å². The van der Waals surface area contributed by atoms with E-state index >= 15 is 0 Å². The molecule has 0 radical (unpaired) electrons. The lowest BCUT2D eigenvalue weighted by Crippen LogP contribution is -2.40. The van der Waals surface area contributed by atoms with Crippen LogP contribution >= 0.6 is 22.9 Å². The average molecular weight is 533 g/mol. The van der Waals surface area contributed by atoms with E-state index in [2.05, 4.69) is 14.8 Å². The number of sulfonamides is 1. The first-order chi connectivity index (χ1) is 16.8. The minimum absolute atomic E-state index is 0.267. The van der Waals surface area contributed by atoms with Crippen LogP contribution in [0.1, 0.15) is 41.6 Å². The first kappa shape index (κ1) is 22.8. The molecule has 8 nitrogen and oxygen atoms in total. The highest BCUT2D eigenvalue weighted by atomic mass is 35.5. The first-order valence-electron chi connectivity index (χ1n) is 11.2. The predicted octanol–water partition coefficient (Wildman–Crippen LogP) is 3.74. The maximum atomic E-state index is 13.9. The van der Waals surface area contributed by atoms with Crippen LogP contribution in [0.15, 0.2) is 52.7 Å².